The Bertz CT molecular complexity index is 1220. The third-order valence-electron chi connectivity index (χ3n) is 5.50. The second-order valence-electron chi connectivity index (χ2n) is 8.41. The summed E-state index contributed by atoms with van der Waals surface area (Å²) in [6.07, 6.45) is 5.31. The first-order valence-electron chi connectivity index (χ1n) is 12.2. The van der Waals surface area contributed by atoms with E-state index in [0.717, 1.165) is 6.42 Å². The molecule has 0 heterocycles. The van der Waals surface area contributed by atoms with E-state index < -0.39 is 25.2 Å². The molecule has 0 amide bonds. The number of carbonyl (C=O) groups excluding carboxylic acids is 1. The number of rotatable bonds is 12. The number of ketones is 1. The van der Waals surface area contributed by atoms with Gasteiger partial charge < -0.3 is 29.2 Å². The molecule has 39 heavy (non-hydrogen) atoms. The maximum Gasteiger partial charge on any atom is 0.341 e. The van der Waals surface area contributed by atoms with Crippen LogP contribution in [0.3, 0.4) is 0 Å². The molecule has 11 heteroatoms. The zero-order valence-corrected chi connectivity index (χ0v) is 22.9. The molecular formula is C28H28Cl2O9. The fourth-order valence-electron chi connectivity index (χ4n) is 4.00. The Morgan fingerprint density at radius 2 is 1.18 bits per heavy atom. The molecule has 9 nitrogen and oxygen atoms in total. The average Bonchev–Trinajstić information content (AvgIpc) is 2.85. The molecule has 0 radical (unpaired) electrons. The van der Waals surface area contributed by atoms with E-state index >= 15 is 0 Å². The van der Waals surface area contributed by atoms with Gasteiger partial charge in [-0.15, -0.1) is 0 Å². The second kappa shape index (κ2) is 13.9. The van der Waals surface area contributed by atoms with Crippen molar-refractivity contribution >= 4 is 53.1 Å². The highest BCUT2D eigenvalue weighted by atomic mass is 35.5. The Morgan fingerprint density at radius 1 is 0.769 bits per heavy atom. The summed E-state index contributed by atoms with van der Waals surface area (Å²) in [5.74, 6) is -1.64. The molecule has 0 spiro atoms. The van der Waals surface area contributed by atoms with Gasteiger partial charge in [-0.3, -0.25) is 4.79 Å². The topological polar surface area (TPSA) is 129 Å². The third kappa shape index (κ3) is 8.15. The van der Waals surface area contributed by atoms with Crippen LogP contribution in [0, 0.1) is 0 Å². The highest BCUT2D eigenvalue weighted by Gasteiger charge is 2.22. The molecule has 0 aliphatic heterocycles. The van der Waals surface area contributed by atoms with Gasteiger partial charge in [0.1, 0.15) is 0 Å². The first-order valence-corrected chi connectivity index (χ1v) is 13.0. The molecule has 1 saturated carbocycles. The normalized spacial score (nSPS) is 15.3. The lowest BCUT2D eigenvalue weighted by molar-refractivity contribution is -0.140. The number of ether oxygens (including phenoxy) is 4. The van der Waals surface area contributed by atoms with E-state index in [4.69, 9.17) is 52.4 Å². The monoisotopic (exact) mass is 578 g/mol. The van der Waals surface area contributed by atoms with Gasteiger partial charge in [-0.25, -0.2) is 9.59 Å². The number of benzene rings is 2. The molecule has 208 valence electrons. The van der Waals surface area contributed by atoms with Crippen LogP contribution in [-0.2, 0) is 14.4 Å². The van der Waals surface area contributed by atoms with Gasteiger partial charge in [0.05, 0.1) is 23.3 Å². The van der Waals surface area contributed by atoms with Crippen LogP contribution in [0.25, 0.3) is 12.2 Å². The summed E-state index contributed by atoms with van der Waals surface area (Å²) >= 11 is 12.7. The van der Waals surface area contributed by atoms with Crippen molar-refractivity contribution in [3.05, 3.63) is 56.6 Å². The zero-order valence-electron chi connectivity index (χ0n) is 21.4. The van der Waals surface area contributed by atoms with E-state index in [-0.39, 0.29) is 38.8 Å². The number of hydrogen-bond donors (Lipinski definition) is 2. The first-order chi connectivity index (χ1) is 18.6. The molecule has 0 aromatic heterocycles. The highest BCUT2D eigenvalue weighted by Crippen LogP contribution is 2.40. The summed E-state index contributed by atoms with van der Waals surface area (Å²) in [6, 6.07) is 6.47. The van der Waals surface area contributed by atoms with E-state index in [1.807, 2.05) is 0 Å². The van der Waals surface area contributed by atoms with Crippen LogP contribution >= 0.6 is 23.2 Å². The Morgan fingerprint density at radius 3 is 1.54 bits per heavy atom. The lowest BCUT2D eigenvalue weighted by atomic mass is 9.87. The number of Topliss-reactive ketones (excluding diaryl/α,β-unsaturated/α-hetero) is 1. The standard InChI is InChI=1S/C28H28Cl2O9/c1-3-36-22-12-16(10-20(29)27(22)38-14-24(31)32)8-18-6-5-7-19(26(18)35)9-17-11-21(30)28(39-15-25(33)34)23(13-17)37-4-2/h8-13H,3-7,14-15H2,1-2H3,(H,31,32)(H,33,34). The summed E-state index contributed by atoms with van der Waals surface area (Å²) < 4.78 is 21.8. The number of carboxylic acid groups (broad SMARTS) is 2. The smallest absolute Gasteiger partial charge is 0.341 e. The maximum absolute atomic E-state index is 13.4. The summed E-state index contributed by atoms with van der Waals surface area (Å²) in [6.45, 7) is 3.00. The minimum absolute atomic E-state index is 0.122. The number of carbonyl (C=O) groups is 3. The SMILES string of the molecule is CCOc1cc(C=C2CCCC(=Cc3cc(Cl)c(OCC(=O)O)c(OCC)c3)C2=O)cc(Cl)c1OCC(=O)O. The number of allylic oxidation sites excluding steroid dienone is 2. The third-order valence-corrected chi connectivity index (χ3v) is 6.06. The molecule has 2 aromatic carbocycles. The Hall–Kier alpha value is -3.69. The molecule has 2 aromatic rings. The molecule has 0 bridgehead atoms. The van der Waals surface area contributed by atoms with Crippen molar-refractivity contribution in [1.29, 1.82) is 0 Å². The van der Waals surface area contributed by atoms with Crippen LogP contribution in [0.4, 0.5) is 0 Å². The molecule has 3 rings (SSSR count). The van der Waals surface area contributed by atoms with Gasteiger partial charge in [0.15, 0.2) is 42.0 Å². The predicted molar refractivity (Wildman–Crippen MR) is 146 cm³/mol. The summed E-state index contributed by atoms with van der Waals surface area (Å²) in [4.78, 5) is 35.2. The first kappa shape index (κ1) is 29.9. The van der Waals surface area contributed by atoms with E-state index in [1.165, 1.54) is 0 Å². The number of carboxylic acids is 2. The van der Waals surface area contributed by atoms with Crippen molar-refractivity contribution in [2.45, 2.75) is 33.1 Å². The molecule has 0 atom stereocenters. The summed E-state index contributed by atoms with van der Waals surface area (Å²) in [5.41, 5.74) is 2.36. The zero-order chi connectivity index (χ0) is 28.5. The van der Waals surface area contributed by atoms with Crippen LogP contribution in [0.2, 0.25) is 10.0 Å². The fraction of sp³-hybridized carbons (Fsp3) is 0.321. The molecule has 1 fully saturated rings. The lowest BCUT2D eigenvalue weighted by Crippen LogP contribution is -2.13. The van der Waals surface area contributed by atoms with Crippen molar-refractivity contribution < 1.29 is 43.5 Å². The lowest BCUT2D eigenvalue weighted by Gasteiger charge is -2.18. The van der Waals surface area contributed by atoms with E-state index in [2.05, 4.69) is 0 Å². The van der Waals surface area contributed by atoms with Crippen LogP contribution in [0.5, 0.6) is 23.0 Å². The Balaban J connectivity index is 1.92. The Kier molecular flexibility index (Phi) is 10.7. The quantitative estimate of drug-likeness (QED) is 0.294. The van der Waals surface area contributed by atoms with Crippen LogP contribution in [0.1, 0.15) is 44.2 Å². The van der Waals surface area contributed by atoms with Crippen molar-refractivity contribution in [3.8, 4) is 23.0 Å². The van der Waals surface area contributed by atoms with E-state index in [0.29, 0.717) is 48.3 Å². The second-order valence-corrected chi connectivity index (χ2v) is 9.23. The molecule has 2 N–H and O–H groups in total. The number of aliphatic carboxylic acids is 2. The maximum atomic E-state index is 13.4. The van der Waals surface area contributed by atoms with Gasteiger partial charge in [0.25, 0.3) is 0 Å². The van der Waals surface area contributed by atoms with Gasteiger partial charge in [-0.1, -0.05) is 23.2 Å². The molecule has 0 unspecified atom stereocenters. The molecular weight excluding hydrogens is 551 g/mol. The van der Waals surface area contributed by atoms with Crippen LogP contribution in [-0.4, -0.2) is 54.4 Å². The van der Waals surface area contributed by atoms with E-state index in [9.17, 15) is 14.4 Å². The minimum Gasteiger partial charge on any atom is -0.490 e. The Labute approximate surface area is 235 Å². The number of halogens is 2. The van der Waals surface area contributed by atoms with Gasteiger partial charge in [-0.05, 0) is 80.7 Å². The van der Waals surface area contributed by atoms with Crippen LogP contribution < -0.4 is 18.9 Å². The molecule has 1 aliphatic carbocycles. The molecule has 1 aliphatic rings. The average molecular weight is 579 g/mol. The van der Waals surface area contributed by atoms with Crippen molar-refractivity contribution in [2.24, 2.45) is 0 Å². The van der Waals surface area contributed by atoms with Gasteiger partial charge in [0.2, 0.25) is 0 Å². The summed E-state index contributed by atoms with van der Waals surface area (Å²) in [5, 5.41) is 18.2. The van der Waals surface area contributed by atoms with Gasteiger partial charge in [0, 0.05) is 11.1 Å². The van der Waals surface area contributed by atoms with Gasteiger partial charge in [-0.2, -0.15) is 0 Å². The van der Waals surface area contributed by atoms with E-state index in [1.54, 1.807) is 50.3 Å². The summed E-state index contributed by atoms with van der Waals surface area (Å²) in [7, 11) is 0. The van der Waals surface area contributed by atoms with Crippen molar-refractivity contribution in [2.75, 3.05) is 26.4 Å². The molecule has 0 saturated heterocycles. The van der Waals surface area contributed by atoms with Crippen molar-refractivity contribution in [1.82, 2.24) is 0 Å². The number of hydrogen-bond acceptors (Lipinski definition) is 7. The predicted octanol–water partition coefficient (Wildman–Crippen LogP) is 5.94. The van der Waals surface area contributed by atoms with Crippen molar-refractivity contribution in [3.63, 3.8) is 0 Å². The highest BCUT2D eigenvalue weighted by molar-refractivity contribution is 6.33. The fourth-order valence-corrected chi connectivity index (χ4v) is 4.54. The minimum atomic E-state index is -1.15. The van der Waals surface area contributed by atoms with Gasteiger partial charge >= 0.3 is 11.9 Å². The van der Waals surface area contributed by atoms with Crippen LogP contribution in [0.15, 0.2) is 35.4 Å². The largest absolute Gasteiger partial charge is 0.490 e.